The minimum atomic E-state index is -0.113. The number of methoxy groups -OCH3 is 3. The van der Waals surface area contributed by atoms with Crippen LogP contribution in [0.1, 0.15) is 17.2 Å². The molecular formula is C26H27BrN2O4S. The third-order valence-electron chi connectivity index (χ3n) is 5.81. The molecule has 0 spiro atoms. The minimum Gasteiger partial charge on any atom is -0.497 e. The van der Waals surface area contributed by atoms with Gasteiger partial charge < -0.3 is 29.2 Å². The van der Waals surface area contributed by atoms with Gasteiger partial charge in [-0.3, -0.25) is 0 Å². The van der Waals surface area contributed by atoms with Crippen molar-refractivity contribution in [2.45, 2.75) is 12.5 Å². The first-order valence-electron chi connectivity index (χ1n) is 10.9. The fourth-order valence-electron chi connectivity index (χ4n) is 4.06. The Morgan fingerprint density at radius 3 is 2.35 bits per heavy atom. The molecule has 1 N–H and O–H groups in total. The summed E-state index contributed by atoms with van der Waals surface area (Å²) in [5.41, 5.74) is 3.23. The van der Waals surface area contributed by atoms with Crippen LogP contribution in [0.15, 0.2) is 65.1 Å². The van der Waals surface area contributed by atoms with Gasteiger partial charge in [-0.1, -0.05) is 22.0 Å². The predicted octanol–water partition coefficient (Wildman–Crippen LogP) is 5.85. The summed E-state index contributed by atoms with van der Waals surface area (Å²) in [7, 11) is 4.95. The van der Waals surface area contributed by atoms with E-state index in [1.165, 1.54) is 5.56 Å². The Bertz CT molecular complexity index is 1160. The average molecular weight is 543 g/mol. The fraction of sp³-hybridized carbons (Fsp3) is 0.269. The molecule has 3 aromatic carbocycles. The van der Waals surface area contributed by atoms with Crippen molar-refractivity contribution < 1.29 is 18.9 Å². The van der Waals surface area contributed by atoms with Gasteiger partial charge in [-0.25, -0.2) is 0 Å². The van der Waals surface area contributed by atoms with E-state index in [1.54, 1.807) is 21.3 Å². The summed E-state index contributed by atoms with van der Waals surface area (Å²) < 4.78 is 23.6. The Morgan fingerprint density at radius 1 is 0.971 bits per heavy atom. The summed E-state index contributed by atoms with van der Waals surface area (Å²) in [6, 6.07) is 19.5. The number of nitrogens with one attached hydrogen (secondary N) is 1. The Kier molecular flexibility index (Phi) is 7.80. The normalized spacial score (nSPS) is 14.7. The first kappa shape index (κ1) is 24.2. The van der Waals surface area contributed by atoms with E-state index < -0.39 is 0 Å². The topological polar surface area (TPSA) is 52.2 Å². The van der Waals surface area contributed by atoms with Gasteiger partial charge in [0.05, 0.1) is 27.4 Å². The number of halogens is 1. The summed E-state index contributed by atoms with van der Waals surface area (Å²) in [4.78, 5) is 2.17. The van der Waals surface area contributed by atoms with Gasteiger partial charge in [0.25, 0.3) is 0 Å². The van der Waals surface area contributed by atoms with Crippen LogP contribution in [0.3, 0.4) is 0 Å². The van der Waals surface area contributed by atoms with Gasteiger partial charge in [0.2, 0.25) is 0 Å². The molecule has 0 saturated carbocycles. The SMILES string of the molecule is COc1ccc(OCC2c3cc(OC)c(OC)cc3CCN2C(=S)Nc2cccc(Br)c2)cc1. The zero-order valence-electron chi connectivity index (χ0n) is 19.3. The lowest BCUT2D eigenvalue weighted by Gasteiger charge is -2.39. The first-order valence-corrected chi connectivity index (χ1v) is 12.1. The highest BCUT2D eigenvalue weighted by atomic mass is 79.9. The molecule has 4 rings (SSSR count). The summed E-state index contributed by atoms with van der Waals surface area (Å²) in [6.45, 7) is 1.16. The van der Waals surface area contributed by atoms with Crippen LogP contribution in [-0.4, -0.2) is 44.5 Å². The van der Waals surface area contributed by atoms with Crippen LogP contribution < -0.4 is 24.3 Å². The lowest BCUT2D eigenvalue weighted by molar-refractivity contribution is 0.190. The number of fused-ring (bicyclic) bond motifs is 1. The second kappa shape index (κ2) is 11.0. The molecule has 0 radical (unpaired) electrons. The molecule has 8 heteroatoms. The maximum absolute atomic E-state index is 6.22. The molecule has 34 heavy (non-hydrogen) atoms. The number of thiocarbonyl (C=S) groups is 1. The molecule has 0 amide bonds. The number of ether oxygens (including phenoxy) is 4. The molecule has 0 fully saturated rings. The number of anilines is 1. The summed E-state index contributed by atoms with van der Waals surface area (Å²) in [5.74, 6) is 2.95. The highest BCUT2D eigenvalue weighted by molar-refractivity contribution is 9.10. The zero-order chi connectivity index (χ0) is 24.1. The van der Waals surface area contributed by atoms with E-state index in [1.807, 2.05) is 54.6 Å². The lowest BCUT2D eigenvalue weighted by atomic mass is 9.92. The Hall–Kier alpha value is -2.97. The van der Waals surface area contributed by atoms with Crippen molar-refractivity contribution in [3.8, 4) is 23.0 Å². The molecule has 178 valence electrons. The maximum Gasteiger partial charge on any atom is 0.174 e. The van der Waals surface area contributed by atoms with E-state index in [0.29, 0.717) is 17.5 Å². The lowest BCUT2D eigenvalue weighted by Crippen LogP contribution is -2.44. The Morgan fingerprint density at radius 2 is 1.68 bits per heavy atom. The highest BCUT2D eigenvalue weighted by Gasteiger charge is 2.31. The van der Waals surface area contributed by atoms with Gasteiger partial charge in [0, 0.05) is 16.7 Å². The standard InChI is InChI=1S/C26H27BrN2O4S/c1-30-20-7-9-21(10-8-20)33-16-23-22-15-25(32-3)24(31-2)13-17(22)11-12-29(23)26(34)28-19-6-4-5-18(27)14-19/h4-10,13-15,23H,11-12,16H2,1-3H3,(H,28,34). The molecular weight excluding hydrogens is 516 g/mol. The molecule has 0 aromatic heterocycles. The van der Waals surface area contributed by atoms with E-state index in [-0.39, 0.29) is 6.04 Å². The molecule has 1 unspecified atom stereocenters. The van der Waals surface area contributed by atoms with E-state index in [9.17, 15) is 0 Å². The molecule has 1 aliphatic rings. The van der Waals surface area contributed by atoms with Gasteiger partial charge in [-0.2, -0.15) is 0 Å². The first-order chi connectivity index (χ1) is 16.5. The van der Waals surface area contributed by atoms with Gasteiger partial charge >= 0.3 is 0 Å². The van der Waals surface area contributed by atoms with Crippen molar-refractivity contribution in [1.82, 2.24) is 4.90 Å². The molecule has 0 saturated heterocycles. The van der Waals surface area contributed by atoms with Gasteiger partial charge in [0.1, 0.15) is 18.1 Å². The third-order valence-corrected chi connectivity index (χ3v) is 6.64. The molecule has 1 heterocycles. The summed E-state index contributed by atoms with van der Waals surface area (Å²) in [6.07, 6.45) is 0.828. The van der Waals surface area contributed by atoms with Crippen LogP contribution in [0.25, 0.3) is 0 Å². The Labute approximate surface area is 213 Å². The quantitative estimate of drug-likeness (QED) is 0.375. The van der Waals surface area contributed by atoms with Crippen LogP contribution in [0.5, 0.6) is 23.0 Å². The number of hydrogen-bond donors (Lipinski definition) is 1. The summed E-state index contributed by atoms with van der Waals surface area (Å²) >= 11 is 9.37. The van der Waals surface area contributed by atoms with Crippen molar-refractivity contribution >= 4 is 38.9 Å². The second-order valence-corrected chi connectivity index (χ2v) is 9.09. The Balaban J connectivity index is 1.63. The molecule has 6 nitrogen and oxygen atoms in total. The predicted molar refractivity (Wildman–Crippen MR) is 142 cm³/mol. The van der Waals surface area contributed by atoms with Crippen LogP contribution in [0, 0.1) is 0 Å². The number of benzene rings is 3. The van der Waals surface area contributed by atoms with Crippen LogP contribution in [0.2, 0.25) is 0 Å². The van der Waals surface area contributed by atoms with Crippen molar-refractivity contribution in [3.63, 3.8) is 0 Å². The van der Waals surface area contributed by atoms with E-state index in [0.717, 1.165) is 45.9 Å². The van der Waals surface area contributed by atoms with Crippen LogP contribution in [0.4, 0.5) is 5.69 Å². The monoisotopic (exact) mass is 542 g/mol. The molecule has 1 aliphatic heterocycles. The van der Waals surface area contributed by atoms with E-state index in [2.05, 4.69) is 32.2 Å². The van der Waals surface area contributed by atoms with Crippen molar-refractivity contribution in [1.29, 1.82) is 0 Å². The van der Waals surface area contributed by atoms with Gasteiger partial charge in [-0.15, -0.1) is 0 Å². The van der Waals surface area contributed by atoms with Gasteiger partial charge in [0.15, 0.2) is 16.6 Å². The van der Waals surface area contributed by atoms with Gasteiger partial charge in [-0.05, 0) is 84.4 Å². The maximum atomic E-state index is 6.22. The van der Waals surface area contributed by atoms with Crippen molar-refractivity contribution in [2.24, 2.45) is 0 Å². The largest absolute Gasteiger partial charge is 0.497 e. The van der Waals surface area contributed by atoms with E-state index >= 15 is 0 Å². The number of nitrogens with zero attached hydrogens (tertiary/aromatic N) is 1. The van der Waals surface area contributed by atoms with Crippen molar-refractivity contribution in [2.75, 3.05) is 39.8 Å². The summed E-state index contributed by atoms with van der Waals surface area (Å²) in [5, 5.41) is 4.02. The second-order valence-electron chi connectivity index (χ2n) is 7.79. The highest BCUT2D eigenvalue weighted by Crippen LogP contribution is 2.39. The number of rotatable bonds is 7. The van der Waals surface area contributed by atoms with Crippen molar-refractivity contribution in [3.05, 3.63) is 76.3 Å². The molecule has 3 aromatic rings. The van der Waals surface area contributed by atoms with Crippen LogP contribution >= 0.6 is 28.1 Å². The van der Waals surface area contributed by atoms with E-state index in [4.69, 9.17) is 31.2 Å². The molecule has 0 aliphatic carbocycles. The smallest absolute Gasteiger partial charge is 0.174 e. The minimum absolute atomic E-state index is 0.113. The number of hydrogen-bond acceptors (Lipinski definition) is 5. The molecule has 1 atom stereocenters. The average Bonchev–Trinajstić information content (AvgIpc) is 2.86. The zero-order valence-corrected chi connectivity index (χ0v) is 21.7. The van der Waals surface area contributed by atoms with Crippen LogP contribution in [-0.2, 0) is 6.42 Å². The third kappa shape index (κ3) is 5.39. The fourth-order valence-corrected chi connectivity index (χ4v) is 4.80. The molecule has 0 bridgehead atoms.